The van der Waals surface area contributed by atoms with Crippen molar-refractivity contribution >= 4 is 11.6 Å². The van der Waals surface area contributed by atoms with Crippen LogP contribution in [0, 0.1) is 0 Å². The highest BCUT2D eigenvalue weighted by molar-refractivity contribution is 6.30. The predicted octanol–water partition coefficient (Wildman–Crippen LogP) is 2.82. The van der Waals surface area contributed by atoms with Crippen molar-refractivity contribution in [2.75, 3.05) is 0 Å². The summed E-state index contributed by atoms with van der Waals surface area (Å²) in [5, 5.41) is 0.567. The summed E-state index contributed by atoms with van der Waals surface area (Å²) in [6, 6.07) is 0. The summed E-state index contributed by atoms with van der Waals surface area (Å²) in [7, 11) is 0. The summed E-state index contributed by atoms with van der Waals surface area (Å²) in [5.74, 6) is 0. The Hall–Kier alpha value is -0.630. The van der Waals surface area contributed by atoms with E-state index in [0.29, 0.717) is 5.15 Å². The average molecular weight is 185 g/mol. The van der Waals surface area contributed by atoms with Crippen molar-refractivity contribution in [3.63, 3.8) is 0 Å². The van der Waals surface area contributed by atoms with Crippen LogP contribution >= 0.6 is 11.6 Å². The molecule has 0 spiro atoms. The van der Waals surface area contributed by atoms with E-state index >= 15 is 0 Å². The monoisotopic (exact) mass is 184 g/mol. The number of hydrogen-bond donors (Lipinski definition) is 0. The van der Waals surface area contributed by atoms with E-state index in [4.69, 9.17) is 11.6 Å². The van der Waals surface area contributed by atoms with Crippen LogP contribution in [0.25, 0.3) is 0 Å². The zero-order valence-corrected chi connectivity index (χ0v) is 8.39. The third kappa shape index (κ3) is 1.75. The molecule has 0 aliphatic rings. The summed E-state index contributed by atoms with van der Waals surface area (Å²) in [4.78, 5) is 7.91. The lowest BCUT2D eigenvalue weighted by molar-refractivity contribution is 0.502. The van der Waals surface area contributed by atoms with Crippen molar-refractivity contribution < 1.29 is 0 Å². The van der Waals surface area contributed by atoms with Crippen LogP contribution < -0.4 is 0 Å². The van der Waals surface area contributed by atoms with Gasteiger partial charge in [0.25, 0.3) is 0 Å². The number of nitrogens with zero attached hydrogens (tertiary/aromatic N) is 2. The Labute approximate surface area is 78.0 Å². The van der Waals surface area contributed by atoms with Gasteiger partial charge in [-0.05, 0) is 11.8 Å². The summed E-state index contributed by atoms with van der Waals surface area (Å²) in [6.07, 6.45) is 4.29. The van der Waals surface area contributed by atoms with Gasteiger partial charge in [-0.2, -0.15) is 0 Å². The molecule has 12 heavy (non-hydrogen) atoms. The Balaban J connectivity index is 3.10. The molecule has 1 rings (SSSR count). The Bertz CT molecular complexity index is 271. The van der Waals surface area contributed by atoms with Crippen LogP contribution in [-0.4, -0.2) is 9.97 Å². The van der Waals surface area contributed by atoms with E-state index < -0.39 is 0 Å². The smallest absolute Gasteiger partial charge is 0.136 e. The third-order valence-corrected chi connectivity index (χ3v) is 2.58. The van der Waals surface area contributed by atoms with Crippen LogP contribution in [0.2, 0.25) is 5.15 Å². The molecule has 0 saturated heterocycles. The molecule has 0 fully saturated rings. The lowest BCUT2D eigenvalue weighted by Gasteiger charge is -2.22. The second-order valence-corrected chi connectivity index (χ2v) is 3.82. The molecule has 0 radical (unpaired) electrons. The highest BCUT2D eigenvalue weighted by atomic mass is 35.5. The number of halogens is 1. The first-order valence-corrected chi connectivity index (χ1v) is 4.41. The van der Waals surface area contributed by atoms with E-state index in [2.05, 4.69) is 30.7 Å². The van der Waals surface area contributed by atoms with E-state index in [1.165, 1.54) is 6.33 Å². The van der Waals surface area contributed by atoms with Crippen molar-refractivity contribution in [2.24, 2.45) is 0 Å². The summed E-state index contributed by atoms with van der Waals surface area (Å²) < 4.78 is 0. The van der Waals surface area contributed by atoms with Gasteiger partial charge in [0.15, 0.2) is 0 Å². The number of rotatable bonds is 2. The van der Waals surface area contributed by atoms with E-state index in [0.717, 1.165) is 12.0 Å². The van der Waals surface area contributed by atoms with Crippen LogP contribution in [0.5, 0.6) is 0 Å². The fourth-order valence-electron chi connectivity index (χ4n) is 0.959. The minimum Gasteiger partial charge on any atom is -0.244 e. The molecule has 0 N–H and O–H groups in total. The first-order chi connectivity index (χ1) is 5.58. The zero-order valence-electron chi connectivity index (χ0n) is 7.63. The van der Waals surface area contributed by atoms with Crippen LogP contribution in [0.3, 0.4) is 0 Å². The topological polar surface area (TPSA) is 25.8 Å². The molecule has 1 aromatic rings. The van der Waals surface area contributed by atoms with Crippen LogP contribution in [0.4, 0.5) is 0 Å². The van der Waals surface area contributed by atoms with Gasteiger partial charge in [-0.3, -0.25) is 0 Å². The Morgan fingerprint density at radius 2 is 2.17 bits per heavy atom. The van der Waals surface area contributed by atoms with Gasteiger partial charge in [-0.25, -0.2) is 9.97 Å². The Morgan fingerprint density at radius 1 is 1.50 bits per heavy atom. The minimum atomic E-state index is 0.0678. The van der Waals surface area contributed by atoms with Gasteiger partial charge in [0.2, 0.25) is 0 Å². The van der Waals surface area contributed by atoms with Gasteiger partial charge in [-0.1, -0.05) is 32.4 Å². The molecule has 1 aromatic heterocycles. The molecule has 0 aliphatic heterocycles. The van der Waals surface area contributed by atoms with E-state index in [1.807, 2.05) is 0 Å². The largest absolute Gasteiger partial charge is 0.244 e. The number of aromatic nitrogens is 2. The Morgan fingerprint density at radius 3 is 2.67 bits per heavy atom. The fourth-order valence-corrected chi connectivity index (χ4v) is 1.31. The molecule has 66 valence electrons. The molecule has 0 atom stereocenters. The summed E-state index contributed by atoms with van der Waals surface area (Å²) >= 11 is 5.94. The van der Waals surface area contributed by atoms with Crippen molar-refractivity contribution in [3.8, 4) is 0 Å². The van der Waals surface area contributed by atoms with Gasteiger partial charge in [-0.15, -0.1) is 0 Å². The second kappa shape index (κ2) is 3.40. The van der Waals surface area contributed by atoms with Crippen molar-refractivity contribution in [1.82, 2.24) is 9.97 Å². The summed E-state index contributed by atoms with van der Waals surface area (Å²) in [6.45, 7) is 6.40. The van der Waals surface area contributed by atoms with Gasteiger partial charge >= 0.3 is 0 Å². The summed E-state index contributed by atoms with van der Waals surface area (Å²) in [5.41, 5.74) is 1.09. The molecule has 0 saturated carbocycles. The lowest BCUT2D eigenvalue weighted by Crippen LogP contribution is -2.16. The highest BCUT2D eigenvalue weighted by Gasteiger charge is 2.21. The molecule has 0 amide bonds. The van der Waals surface area contributed by atoms with Gasteiger partial charge in [0, 0.05) is 11.8 Å². The maximum Gasteiger partial charge on any atom is 0.136 e. The van der Waals surface area contributed by atoms with Crippen LogP contribution in [0.15, 0.2) is 12.5 Å². The first-order valence-electron chi connectivity index (χ1n) is 4.04. The van der Waals surface area contributed by atoms with E-state index in [-0.39, 0.29) is 5.41 Å². The standard InChI is InChI=1S/C9H13ClN2/c1-4-9(2,3)7-5-11-6-12-8(7)10/h5-6H,4H2,1-3H3. The van der Waals surface area contributed by atoms with Gasteiger partial charge in [0.05, 0.1) is 0 Å². The maximum atomic E-state index is 5.94. The molecule has 0 aromatic carbocycles. The molecule has 1 heterocycles. The second-order valence-electron chi connectivity index (χ2n) is 3.46. The third-order valence-electron chi connectivity index (χ3n) is 2.28. The normalized spacial score (nSPS) is 11.7. The first kappa shape index (κ1) is 9.46. The molecule has 2 nitrogen and oxygen atoms in total. The molecular weight excluding hydrogens is 172 g/mol. The van der Waals surface area contributed by atoms with E-state index in [1.54, 1.807) is 6.20 Å². The lowest BCUT2D eigenvalue weighted by atomic mass is 9.84. The SMILES string of the molecule is CCC(C)(C)c1cncnc1Cl. The predicted molar refractivity (Wildman–Crippen MR) is 50.4 cm³/mol. The van der Waals surface area contributed by atoms with Crippen LogP contribution in [0.1, 0.15) is 32.8 Å². The minimum absolute atomic E-state index is 0.0678. The fraction of sp³-hybridized carbons (Fsp3) is 0.556. The molecular formula is C9H13ClN2. The van der Waals surface area contributed by atoms with Gasteiger partial charge < -0.3 is 0 Å². The molecule has 0 unspecified atom stereocenters. The quantitative estimate of drug-likeness (QED) is 0.661. The Kier molecular flexibility index (Phi) is 2.68. The van der Waals surface area contributed by atoms with Crippen LogP contribution in [-0.2, 0) is 5.41 Å². The molecule has 3 heteroatoms. The van der Waals surface area contributed by atoms with Crippen molar-refractivity contribution in [2.45, 2.75) is 32.6 Å². The number of hydrogen-bond acceptors (Lipinski definition) is 2. The highest BCUT2D eigenvalue weighted by Crippen LogP contribution is 2.29. The maximum absolute atomic E-state index is 5.94. The van der Waals surface area contributed by atoms with Gasteiger partial charge in [0.1, 0.15) is 11.5 Å². The zero-order chi connectivity index (χ0) is 9.19. The molecule has 0 bridgehead atoms. The van der Waals surface area contributed by atoms with Crippen molar-refractivity contribution in [1.29, 1.82) is 0 Å². The molecule has 0 aliphatic carbocycles. The van der Waals surface area contributed by atoms with E-state index in [9.17, 15) is 0 Å². The average Bonchev–Trinajstić information content (AvgIpc) is 2.05. The van der Waals surface area contributed by atoms with Crippen molar-refractivity contribution in [3.05, 3.63) is 23.2 Å².